The van der Waals surface area contributed by atoms with Gasteiger partial charge in [0.1, 0.15) is 12.3 Å². The fourth-order valence-corrected chi connectivity index (χ4v) is 3.24. The van der Waals surface area contributed by atoms with E-state index in [2.05, 4.69) is 4.98 Å². The lowest BCUT2D eigenvalue weighted by Gasteiger charge is -2.05. The van der Waals surface area contributed by atoms with Crippen LogP contribution in [0.25, 0.3) is 0 Å². The monoisotopic (exact) mass is 351 g/mol. The molecule has 0 bridgehead atoms. The molecule has 1 heterocycles. The van der Waals surface area contributed by atoms with Crippen molar-refractivity contribution in [3.63, 3.8) is 0 Å². The number of ether oxygens (including phenoxy) is 1. The van der Waals surface area contributed by atoms with E-state index >= 15 is 0 Å². The van der Waals surface area contributed by atoms with Crippen molar-refractivity contribution in [2.24, 2.45) is 0 Å². The van der Waals surface area contributed by atoms with Crippen LogP contribution in [0.5, 0.6) is 0 Å². The summed E-state index contributed by atoms with van der Waals surface area (Å²) >= 11 is 7.41. The molecule has 23 heavy (non-hydrogen) atoms. The third-order valence-corrected chi connectivity index (χ3v) is 4.62. The van der Waals surface area contributed by atoms with Gasteiger partial charge in [-0.2, -0.15) is 0 Å². The van der Waals surface area contributed by atoms with E-state index in [1.54, 1.807) is 25.6 Å². The van der Waals surface area contributed by atoms with Crippen LogP contribution in [-0.2, 0) is 4.74 Å². The number of carbonyl (C=O) groups is 2. The van der Waals surface area contributed by atoms with Crippen LogP contribution in [0.2, 0.25) is 5.02 Å². The lowest BCUT2D eigenvalue weighted by Crippen LogP contribution is -2.10. The summed E-state index contributed by atoms with van der Waals surface area (Å²) in [4.78, 5) is 27.7. The van der Waals surface area contributed by atoms with Gasteiger partial charge in [0.05, 0.1) is 0 Å². The van der Waals surface area contributed by atoms with Crippen molar-refractivity contribution < 1.29 is 14.3 Å². The molecule has 122 valence electrons. The van der Waals surface area contributed by atoms with Crippen molar-refractivity contribution in [1.82, 2.24) is 4.98 Å². The minimum absolute atomic E-state index is 0.0615. The average Bonchev–Trinajstić information content (AvgIpc) is 2.80. The Kier molecular flexibility index (Phi) is 5.91. The Labute approximate surface area is 144 Å². The molecule has 4 nitrogen and oxygen atoms in total. The van der Waals surface area contributed by atoms with Crippen LogP contribution in [0.4, 0.5) is 0 Å². The minimum Gasteiger partial charge on any atom is -0.460 e. The molecule has 1 aromatic heterocycles. The first kappa shape index (κ1) is 17.6. The van der Waals surface area contributed by atoms with Gasteiger partial charge in [-0.1, -0.05) is 11.6 Å². The summed E-state index contributed by atoms with van der Waals surface area (Å²) in [6.45, 7) is 5.30. The Hall–Kier alpha value is -1.72. The Bertz CT molecular complexity index is 722. The molecule has 0 amide bonds. The second kappa shape index (κ2) is 7.70. The first-order valence-corrected chi connectivity index (χ1v) is 8.52. The third-order valence-electron chi connectivity index (χ3n) is 3.39. The molecular formula is C17H18ClNO3S. The number of hydrogen-bond donors (Lipinski definition) is 1. The van der Waals surface area contributed by atoms with E-state index in [0.717, 1.165) is 4.90 Å². The molecule has 0 aliphatic heterocycles. The number of benzene rings is 1. The normalized spacial score (nSPS) is 10.6. The van der Waals surface area contributed by atoms with Crippen molar-refractivity contribution in [3.8, 4) is 0 Å². The number of esters is 1. The second-order valence-corrected chi connectivity index (χ2v) is 6.72. The van der Waals surface area contributed by atoms with Crippen molar-refractivity contribution in [2.45, 2.75) is 25.7 Å². The first-order chi connectivity index (χ1) is 10.9. The van der Waals surface area contributed by atoms with Crippen LogP contribution in [-0.4, -0.2) is 29.1 Å². The number of H-pyrrole nitrogens is 1. The Balaban J connectivity index is 1.89. The van der Waals surface area contributed by atoms with Crippen molar-refractivity contribution in [3.05, 3.63) is 51.8 Å². The Morgan fingerprint density at radius 3 is 2.43 bits per heavy atom. The summed E-state index contributed by atoms with van der Waals surface area (Å²) in [6.07, 6.45) is 0. The van der Waals surface area contributed by atoms with E-state index in [4.69, 9.17) is 16.3 Å². The summed E-state index contributed by atoms with van der Waals surface area (Å²) in [6, 6.07) is 7.49. The molecule has 0 fully saturated rings. The number of thioether (sulfide) groups is 1. The predicted octanol–water partition coefficient (Wildman–Crippen LogP) is 4.44. The van der Waals surface area contributed by atoms with Gasteiger partial charge < -0.3 is 9.72 Å². The molecule has 1 aromatic carbocycles. The topological polar surface area (TPSA) is 59.2 Å². The number of Topliss-reactive ketones (excluding diaryl/α,β-unsaturated/α-hetero) is 1. The molecule has 0 unspecified atom stereocenters. The zero-order valence-corrected chi connectivity index (χ0v) is 14.8. The van der Waals surface area contributed by atoms with Crippen molar-refractivity contribution in [1.29, 1.82) is 0 Å². The maximum absolute atomic E-state index is 12.1. The molecule has 1 N–H and O–H groups in total. The minimum atomic E-state index is -0.435. The van der Waals surface area contributed by atoms with Gasteiger partial charge in [0, 0.05) is 26.9 Å². The largest absolute Gasteiger partial charge is 0.460 e. The highest BCUT2D eigenvalue weighted by molar-refractivity contribution is 7.99. The molecule has 6 heteroatoms. The number of aryl methyl sites for hydroxylation is 1. The Morgan fingerprint density at radius 2 is 1.87 bits per heavy atom. The number of ketones is 1. The summed E-state index contributed by atoms with van der Waals surface area (Å²) in [5, 5.41) is 0.694. The fraction of sp³-hybridized carbons (Fsp3) is 0.294. The summed E-state index contributed by atoms with van der Waals surface area (Å²) in [5.74, 6) is 0.148. The van der Waals surface area contributed by atoms with E-state index in [0.29, 0.717) is 39.9 Å². The first-order valence-electron chi connectivity index (χ1n) is 7.15. The molecule has 2 aromatic rings. The molecule has 0 aliphatic carbocycles. The van der Waals surface area contributed by atoms with Crippen LogP contribution >= 0.6 is 23.4 Å². The molecule has 0 saturated heterocycles. The summed E-state index contributed by atoms with van der Waals surface area (Å²) < 4.78 is 5.27. The highest BCUT2D eigenvalue weighted by Crippen LogP contribution is 2.21. The van der Waals surface area contributed by atoms with Crippen molar-refractivity contribution >= 4 is 35.1 Å². The zero-order valence-electron chi connectivity index (χ0n) is 13.2. The Morgan fingerprint density at radius 1 is 1.22 bits per heavy atom. The molecular weight excluding hydrogens is 334 g/mol. The van der Waals surface area contributed by atoms with Crippen molar-refractivity contribution in [2.75, 3.05) is 12.4 Å². The maximum atomic E-state index is 12.1. The van der Waals surface area contributed by atoms with Gasteiger partial charge in [-0.05, 0) is 50.6 Å². The van der Waals surface area contributed by atoms with Gasteiger partial charge in [-0.3, -0.25) is 4.79 Å². The SMILES string of the molecule is CC(=O)c1c(C)[nH]c(C(=O)OCCSc2ccc(Cl)cc2)c1C. The lowest BCUT2D eigenvalue weighted by atomic mass is 10.1. The lowest BCUT2D eigenvalue weighted by molar-refractivity contribution is 0.0523. The van der Waals surface area contributed by atoms with Gasteiger partial charge in [-0.25, -0.2) is 4.79 Å². The van der Waals surface area contributed by atoms with Gasteiger partial charge in [0.2, 0.25) is 0 Å². The highest BCUT2D eigenvalue weighted by atomic mass is 35.5. The average molecular weight is 352 g/mol. The van der Waals surface area contributed by atoms with Crippen LogP contribution in [0.15, 0.2) is 29.2 Å². The molecule has 0 radical (unpaired) electrons. The number of halogens is 1. The summed E-state index contributed by atoms with van der Waals surface area (Å²) in [7, 11) is 0. The highest BCUT2D eigenvalue weighted by Gasteiger charge is 2.20. The number of aromatic amines is 1. The maximum Gasteiger partial charge on any atom is 0.355 e. The predicted molar refractivity (Wildman–Crippen MR) is 92.7 cm³/mol. The number of hydrogen-bond acceptors (Lipinski definition) is 4. The van der Waals surface area contributed by atoms with E-state index in [-0.39, 0.29) is 5.78 Å². The van der Waals surface area contributed by atoms with Crippen LogP contribution in [0.3, 0.4) is 0 Å². The smallest absolute Gasteiger partial charge is 0.355 e. The number of rotatable bonds is 6. The molecule has 0 atom stereocenters. The van der Waals surface area contributed by atoms with Gasteiger partial charge >= 0.3 is 5.97 Å². The van der Waals surface area contributed by atoms with E-state index in [1.807, 2.05) is 24.3 Å². The van der Waals surface area contributed by atoms with E-state index in [9.17, 15) is 9.59 Å². The van der Waals surface area contributed by atoms with Crippen LogP contribution in [0.1, 0.15) is 39.0 Å². The number of carbonyl (C=O) groups excluding carboxylic acids is 2. The summed E-state index contributed by atoms with van der Waals surface area (Å²) in [5.41, 5.74) is 2.25. The standard InChI is InChI=1S/C17H18ClNO3S/c1-10-15(12(3)20)11(2)19-16(10)17(21)22-8-9-23-14-6-4-13(18)5-7-14/h4-7,19H,8-9H2,1-3H3. The molecule has 0 aliphatic rings. The van der Waals surface area contributed by atoms with Gasteiger partial charge in [0.15, 0.2) is 5.78 Å². The molecule has 2 rings (SSSR count). The van der Waals surface area contributed by atoms with Crippen LogP contribution in [0, 0.1) is 13.8 Å². The number of nitrogens with one attached hydrogen (secondary N) is 1. The second-order valence-electron chi connectivity index (χ2n) is 5.12. The molecule has 0 spiro atoms. The van der Waals surface area contributed by atoms with Gasteiger partial charge in [-0.15, -0.1) is 11.8 Å². The fourth-order valence-electron chi connectivity index (χ4n) is 2.38. The van der Waals surface area contributed by atoms with E-state index in [1.165, 1.54) is 6.92 Å². The van der Waals surface area contributed by atoms with Crippen LogP contribution < -0.4 is 0 Å². The van der Waals surface area contributed by atoms with Gasteiger partial charge in [0.25, 0.3) is 0 Å². The third kappa shape index (κ3) is 4.39. The van der Waals surface area contributed by atoms with E-state index < -0.39 is 5.97 Å². The zero-order chi connectivity index (χ0) is 17.0. The quantitative estimate of drug-likeness (QED) is 0.362. The number of aromatic nitrogens is 1. The molecule has 0 saturated carbocycles.